The highest BCUT2D eigenvalue weighted by atomic mass is 19.4. The number of aliphatic hydroxyl groups is 1. The minimum atomic E-state index is -4.37. The smallest absolute Gasteiger partial charge is 0.388 e. The number of halogens is 3. The van der Waals surface area contributed by atoms with E-state index in [0.29, 0.717) is 11.4 Å². The Morgan fingerprint density at radius 1 is 1.26 bits per heavy atom. The largest absolute Gasteiger partial charge is 0.416 e. The van der Waals surface area contributed by atoms with Gasteiger partial charge in [-0.2, -0.15) is 18.3 Å². The molecule has 19 heavy (non-hydrogen) atoms. The third-order valence-electron chi connectivity index (χ3n) is 2.80. The quantitative estimate of drug-likeness (QED) is 0.930. The van der Waals surface area contributed by atoms with Gasteiger partial charge in [0, 0.05) is 13.5 Å². The fourth-order valence-corrected chi connectivity index (χ4v) is 1.69. The first kappa shape index (κ1) is 13.5. The molecule has 1 aromatic carbocycles. The molecule has 1 N–H and O–H groups in total. The van der Waals surface area contributed by atoms with Gasteiger partial charge >= 0.3 is 6.18 Å². The molecule has 0 aliphatic carbocycles. The third kappa shape index (κ3) is 3.11. The summed E-state index contributed by atoms with van der Waals surface area (Å²) in [5.74, 6) is 0.562. The van der Waals surface area contributed by atoms with Crippen molar-refractivity contribution in [1.82, 2.24) is 14.8 Å². The van der Waals surface area contributed by atoms with Crippen LogP contribution in [0.3, 0.4) is 0 Å². The van der Waals surface area contributed by atoms with Crippen LogP contribution >= 0.6 is 0 Å². The maximum absolute atomic E-state index is 12.4. The Balaban J connectivity index is 2.12. The molecule has 0 saturated heterocycles. The average molecular weight is 271 g/mol. The molecule has 0 radical (unpaired) electrons. The summed E-state index contributed by atoms with van der Waals surface area (Å²) >= 11 is 0. The van der Waals surface area contributed by atoms with E-state index < -0.39 is 17.8 Å². The summed E-state index contributed by atoms with van der Waals surface area (Å²) < 4.78 is 38.7. The van der Waals surface area contributed by atoms with Crippen LogP contribution in [0.15, 0.2) is 30.6 Å². The molecule has 102 valence electrons. The van der Waals surface area contributed by atoms with Crippen molar-refractivity contribution in [3.63, 3.8) is 0 Å². The Morgan fingerprint density at radius 3 is 2.37 bits per heavy atom. The lowest BCUT2D eigenvalue weighted by Gasteiger charge is -2.12. The molecule has 0 spiro atoms. The van der Waals surface area contributed by atoms with Crippen LogP contribution in [0.5, 0.6) is 0 Å². The number of rotatable bonds is 3. The van der Waals surface area contributed by atoms with Gasteiger partial charge in [-0.1, -0.05) is 12.1 Å². The first-order valence-electron chi connectivity index (χ1n) is 5.56. The van der Waals surface area contributed by atoms with Gasteiger partial charge in [0.2, 0.25) is 0 Å². The van der Waals surface area contributed by atoms with Crippen molar-refractivity contribution in [2.45, 2.75) is 18.7 Å². The van der Waals surface area contributed by atoms with Crippen LogP contribution in [0.4, 0.5) is 13.2 Å². The number of aliphatic hydroxyl groups excluding tert-OH is 1. The van der Waals surface area contributed by atoms with Gasteiger partial charge in [0.05, 0.1) is 11.7 Å². The normalized spacial score (nSPS) is 13.5. The van der Waals surface area contributed by atoms with E-state index in [4.69, 9.17) is 0 Å². The maximum Gasteiger partial charge on any atom is 0.416 e. The second-order valence-corrected chi connectivity index (χ2v) is 4.14. The minimum Gasteiger partial charge on any atom is -0.388 e. The zero-order valence-corrected chi connectivity index (χ0v) is 10.1. The number of aryl methyl sites for hydroxylation is 1. The highest BCUT2D eigenvalue weighted by Gasteiger charge is 2.30. The van der Waals surface area contributed by atoms with Crippen molar-refractivity contribution in [3.8, 4) is 0 Å². The third-order valence-corrected chi connectivity index (χ3v) is 2.80. The number of aromatic nitrogens is 3. The summed E-state index contributed by atoms with van der Waals surface area (Å²) in [6.45, 7) is 0. The number of hydrogen-bond donors (Lipinski definition) is 1. The first-order chi connectivity index (χ1) is 8.88. The Kier molecular flexibility index (Phi) is 3.57. The summed E-state index contributed by atoms with van der Waals surface area (Å²) in [4.78, 5) is 3.95. The summed E-state index contributed by atoms with van der Waals surface area (Å²) in [5, 5.41) is 13.8. The topological polar surface area (TPSA) is 50.9 Å². The summed E-state index contributed by atoms with van der Waals surface area (Å²) in [6.07, 6.45) is -3.73. The molecule has 2 rings (SSSR count). The molecule has 1 atom stereocenters. The lowest BCUT2D eigenvalue weighted by Crippen LogP contribution is -2.09. The van der Waals surface area contributed by atoms with E-state index in [1.807, 2.05) is 0 Å². The molecule has 0 fully saturated rings. The van der Waals surface area contributed by atoms with Gasteiger partial charge in [-0.15, -0.1) is 0 Å². The van der Waals surface area contributed by atoms with Gasteiger partial charge in [0.1, 0.15) is 12.2 Å². The molecule has 0 aliphatic heterocycles. The van der Waals surface area contributed by atoms with Crippen molar-refractivity contribution in [2.75, 3.05) is 0 Å². The molecule has 0 aliphatic rings. The maximum atomic E-state index is 12.4. The number of benzene rings is 1. The second kappa shape index (κ2) is 5.00. The highest BCUT2D eigenvalue weighted by molar-refractivity contribution is 5.26. The monoisotopic (exact) mass is 271 g/mol. The van der Waals surface area contributed by atoms with Gasteiger partial charge in [-0.3, -0.25) is 4.68 Å². The van der Waals surface area contributed by atoms with Gasteiger partial charge in [0.15, 0.2) is 0 Å². The van der Waals surface area contributed by atoms with Crippen molar-refractivity contribution in [2.24, 2.45) is 7.05 Å². The molecule has 0 amide bonds. The fourth-order valence-electron chi connectivity index (χ4n) is 1.69. The molecule has 0 bridgehead atoms. The second-order valence-electron chi connectivity index (χ2n) is 4.14. The fraction of sp³-hybridized carbons (Fsp3) is 0.333. The van der Waals surface area contributed by atoms with E-state index in [9.17, 15) is 18.3 Å². The predicted octanol–water partition coefficient (Wildman–Crippen LogP) is 2.11. The van der Waals surface area contributed by atoms with Crippen LogP contribution in [0.2, 0.25) is 0 Å². The molecule has 7 heteroatoms. The predicted molar refractivity (Wildman–Crippen MR) is 61.1 cm³/mol. The molecule has 0 saturated carbocycles. The van der Waals surface area contributed by atoms with E-state index >= 15 is 0 Å². The van der Waals surface area contributed by atoms with Crippen LogP contribution in [-0.2, 0) is 19.6 Å². The minimum absolute atomic E-state index is 0.196. The van der Waals surface area contributed by atoms with Crippen LogP contribution in [-0.4, -0.2) is 19.9 Å². The standard InChI is InChI=1S/C12H12F3N3O/c1-18-11(16-7-17-18)6-10(19)8-2-4-9(5-3-8)12(13,14)15/h2-5,7,10,19H,6H2,1H3. The van der Waals surface area contributed by atoms with Crippen LogP contribution in [0, 0.1) is 0 Å². The summed E-state index contributed by atoms with van der Waals surface area (Å²) in [6, 6.07) is 4.44. The van der Waals surface area contributed by atoms with Crippen LogP contribution in [0.25, 0.3) is 0 Å². The van der Waals surface area contributed by atoms with Gasteiger partial charge < -0.3 is 5.11 Å². The lowest BCUT2D eigenvalue weighted by atomic mass is 10.0. The zero-order valence-electron chi connectivity index (χ0n) is 10.1. The van der Waals surface area contributed by atoms with E-state index in [-0.39, 0.29) is 6.42 Å². The van der Waals surface area contributed by atoms with Crippen LogP contribution in [0.1, 0.15) is 23.1 Å². The van der Waals surface area contributed by atoms with Crippen molar-refractivity contribution in [3.05, 3.63) is 47.5 Å². The van der Waals surface area contributed by atoms with E-state index in [1.165, 1.54) is 23.1 Å². The number of alkyl halides is 3. The zero-order chi connectivity index (χ0) is 14.0. The Bertz CT molecular complexity index is 548. The molecular weight excluding hydrogens is 259 g/mol. The SMILES string of the molecule is Cn1ncnc1CC(O)c1ccc(C(F)(F)F)cc1. The van der Waals surface area contributed by atoms with E-state index in [1.54, 1.807) is 7.05 Å². The van der Waals surface area contributed by atoms with E-state index in [2.05, 4.69) is 10.1 Å². The summed E-state index contributed by atoms with van der Waals surface area (Å²) in [5.41, 5.74) is -0.321. The molecule has 4 nitrogen and oxygen atoms in total. The average Bonchev–Trinajstić information content (AvgIpc) is 2.74. The number of hydrogen-bond acceptors (Lipinski definition) is 3. The first-order valence-corrected chi connectivity index (χ1v) is 5.56. The molecular formula is C12H12F3N3O. The number of nitrogens with zero attached hydrogens (tertiary/aromatic N) is 3. The molecule has 1 heterocycles. The molecule has 1 aromatic heterocycles. The Labute approximate surface area is 107 Å². The van der Waals surface area contributed by atoms with E-state index in [0.717, 1.165) is 12.1 Å². The Hall–Kier alpha value is -1.89. The van der Waals surface area contributed by atoms with Crippen LogP contribution < -0.4 is 0 Å². The van der Waals surface area contributed by atoms with Crippen molar-refractivity contribution in [1.29, 1.82) is 0 Å². The molecule has 1 unspecified atom stereocenters. The van der Waals surface area contributed by atoms with Crippen molar-refractivity contribution >= 4 is 0 Å². The van der Waals surface area contributed by atoms with Gasteiger partial charge in [0.25, 0.3) is 0 Å². The van der Waals surface area contributed by atoms with Gasteiger partial charge in [-0.25, -0.2) is 4.98 Å². The highest BCUT2D eigenvalue weighted by Crippen LogP contribution is 2.30. The van der Waals surface area contributed by atoms with Gasteiger partial charge in [-0.05, 0) is 17.7 Å². The van der Waals surface area contributed by atoms with Crippen molar-refractivity contribution < 1.29 is 18.3 Å². The molecule has 2 aromatic rings. The lowest BCUT2D eigenvalue weighted by molar-refractivity contribution is -0.137. The summed E-state index contributed by atoms with van der Waals surface area (Å²) in [7, 11) is 1.68. The Morgan fingerprint density at radius 2 is 1.89 bits per heavy atom.